The Morgan fingerprint density at radius 2 is 1.67 bits per heavy atom. The lowest BCUT2D eigenvalue weighted by atomic mass is 10.1. The van der Waals surface area contributed by atoms with Crippen molar-refractivity contribution in [2.75, 3.05) is 11.9 Å². The van der Waals surface area contributed by atoms with Crippen molar-refractivity contribution in [3.8, 4) is 16.9 Å². The summed E-state index contributed by atoms with van der Waals surface area (Å²) in [7, 11) is 0. The maximum absolute atomic E-state index is 14.6. The lowest BCUT2D eigenvalue weighted by Crippen LogP contribution is -2.43. The van der Waals surface area contributed by atoms with Crippen LogP contribution in [0.25, 0.3) is 22.2 Å². The first-order valence-corrected chi connectivity index (χ1v) is 14.5. The number of benzene rings is 1. The molecule has 0 spiro atoms. The topological polar surface area (TPSA) is 140 Å². The Kier molecular flexibility index (Phi) is 10.00. The predicted octanol–water partition coefficient (Wildman–Crippen LogP) is 7.26. The highest BCUT2D eigenvalue weighted by Crippen LogP contribution is 2.36. The van der Waals surface area contributed by atoms with Gasteiger partial charge in [-0.3, -0.25) is 10.4 Å². The number of halogens is 4. The fourth-order valence-electron chi connectivity index (χ4n) is 4.25. The first-order valence-electron chi connectivity index (χ1n) is 14.2. The molecule has 0 aliphatic carbocycles. The van der Waals surface area contributed by atoms with Crippen LogP contribution >= 0.6 is 11.6 Å². The predicted molar refractivity (Wildman–Crippen MR) is 165 cm³/mol. The van der Waals surface area contributed by atoms with Gasteiger partial charge in [0.2, 0.25) is 0 Å². The third kappa shape index (κ3) is 8.77. The fraction of sp³-hybridized carbons (Fsp3) is 0.387. The molecule has 2 amide bonds. The summed E-state index contributed by atoms with van der Waals surface area (Å²) in [6.45, 7) is 11.5. The van der Waals surface area contributed by atoms with Gasteiger partial charge in [-0.25, -0.2) is 32.7 Å². The fourth-order valence-corrected chi connectivity index (χ4v) is 4.50. The molecule has 0 radical (unpaired) electrons. The third-order valence-electron chi connectivity index (χ3n) is 6.21. The third-order valence-corrected chi connectivity index (χ3v) is 6.50. The molecule has 246 valence electrons. The maximum Gasteiger partial charge on any atom is 0.413 e. The van der Waals surface area contributed by atoms with Crippen molar-refractivity contribution < 1.29 is 37.0 Å². The van der Waals surface area contributed by atoms with Crippen LogP contribution in [-0.4, -0.2) is 56.2 Å². The van der Waals surface area contributed by atoms with Crippen molar-refractivity contribution in [1.29, 1.82) is 0 Å². The van der Waals surface area contributed by atoms with Crippen LogP contribution in [0.1, 0.15) is 52.8 Å². The molecule has 0 aliphatic rings. The summed E-state index contributed by atoms with van der Waals surface area (Å²) in [6.07, 6.45) is -0.487. The Balaban J connectivity index is 1.71. The number of nitrogens with one attached hydrogen (secondary N) is 3. The summed E-state index contributed by atoms with van der Waals surface area (Å²) in [4.78, 5) is 34.0. The Labute approximate surface area is 268 Å². The van der Waals surface area contributed by atoms with Crippen molar-refractivity contribution in [3.05, 3.63) is 64.3 Å². The smallest absolute Gasteiger partial charge is 0.413 e. The normalized spacial score (nSPS) is 12.5. The van der Waals surface area contributed by atoms with Crippen LogP contribution in [0.2, 0.25) is 5.15 Å². The quantitative estimate of drug-likeness (QED) is 0.132. The Morgan fingerprint density at radius 3 is 2.35 bits per heavy atom. The minimum absolute atomic E-state index is 0.00369. The number of pyridine rings is 2. The highest BCUT2D eigenvalue weighted by molar-refractivity contribution is 6.32. The van der Waals surface area contributed by atoms with E-state index in [2.05, 4.69) is 30.8 Å². The second-order valence-electron chi connectivity index (χ2n) is 12.4. The minimum Gasteiger partial charge on any atom is -0.488 e. The molecule has 46 heavy (non-hydrogen) atoms. The summed E-state index contributed by atoms with van der Waals surface area (Å²) < 4.78 is 59.0. The molecule has 4 aromatic rings. The van der Waals surface area contributed by atoms with Crippen molar-refractivity contribution in [3.63, 3.8) is 0 Å². The number of aromatic amines is 1. The molecule has 0 saturated heterocycles. The minimum atomic E-state index is -1.65. The number of rotatable bonds is 8. The first-order chi connectivity index (χ1) is 21.4. The average molecular weight is 663 g/mol. The number of carbonyl (C=O) groups excluding carboxylic acids is 2. The van der Waals surface area contributed by atoms with Crippen molar-refractivity contribution in [1.82, 2.24) is 25.5 Å². The molecule has 0 aliphatic heterocycles. The van der Waals surface area contributed by atoms with E-state index in [0.29, 0.717) is 16.8 Å². The number of nitrogens with zero attached hydrogens (tertiary/aromatic N) is 3. The zero-order valence-electron chi connectivity index (χ0n) is 26.3. The van der Waals surface area contributed by atoms with E-state index in [-0.39, 0.29) is 35.3 Å². The van der Waals surface area contributed by atoms with E-state index in [1.807, 2.05) is 6.92 Å². The first kappa shape index (κ1) is 34.3. The number of anilines is 1. The number of carbonyl (C=O) groups is 2. The SMILES string of the molecule is Cc1[nH]nc2ncc(-c3cc(OC[C@H](Cc4ccc(F)c(F)c4F)NC(=O)OC(C)(C)C)c(NC(=O)OC(C)(C)C)nc3Cl)cc12. The van der Waals surface area contributed by atoms with Crippen LogP contribution in [0.15, 0.2) is 30.5 Å². The number of amides is 2. The summed E-state index contributed by atoms with van der Waals surface area (Å²) in [5.41, 5.74) is 0.264. The van der Waals surface area contributed by atoms with Crippen molar-refractivity contribution in [2.45, 2.75) is 72.1 Å². The Hall–Kier alpha value is -4.59. The highest BCUT2D eigenvalue weighted by Gasteiger charge is 2.25. The van der Waals surface area contributed by atoms with Gasteiger partial charge in [0.05, 0.1) is 6.04 Å². The van der Waals surface area contributed by atoms with Crippen molar-refractivity contribution >= 4 is 40.6 Å². The van der Waals surface area contributed by atoms with Crippen molar-refractivity contribution in [2.24, 2.45) is 0 Å². The summed E-state index contributed by atoms with van der Waals surface area (Å²) in [6, 6.07) is 4.12. The standard InChI is InChI=1S/C31H34ClF3N6O5/c1-15-19-11-17(13-36-26(19)41-40-15)20-12-22(27(38-25(20)32)39-29(43)46-31(5,6)7)44-14-18(37-28(42)45-30(2,3)4)10-16-8-9-21(33)24(35)23(16)34/h8-9,11-13,18H,10,14H2,1-7H3,(H,37,42)(H,36,40,41)(H,38,39,43)/t18-/m0/s1. The van der Waals surface area contributed by atoms with Gasteiger partial charge in [-0.15, -0.1) is 0 Å². The van der Waals surface area contributed by atoms with Gasteiger partial charge in [0, 0.05) is 28.4 Å². The molecule has 0 fully saturated rings. The van der Waals surface area contributed by atoms with Crippen LogP contribution in [0, 0.1) is 24.4 Å². The summed E-state index contributed by atoms with van der Waals surface area (Å²) in [5.74, 6) is -4.54. The molecule has 0 unspecified atom stereocenters. The van der Waals surface area contributed by atoms with Crippen LogP contribution < -0.4 is 15.4 Å². The number of hydrogen-bond acceptors (Lipinski definition) is 8. The molecule has 1 atom stereocenters. The molecule has 1 aromatic carbocycles. The second-order valence-corrected chi connectivity index (χ2v) is 12.8. The lowest BCUT2D eigenvalue weighted by Gasteiger charge is -2.25. The van der Waals surface area contributed by atoms with Crippen LogP contribution in [0.5, 0.6) is 5.75 Å². The molecule has 0 bridgehead atoms. The Morgan fingerprint density at radius 1 is 1.00 bits per heavy atom. The number of H-pyrrole nitrogens is 1. The van der Waals surface area contributed by atoms with E-state index in [0.717, 1.165) is 23.2 Å². The van der Waals surface area contributed by atoms with E-state index >= 15 is 0 Å². The van der Waals surface area contributed by atoms with Gasteiger partial charge < -0.3 is 19.5 Å². The number of hydrogen-bond donors (Lipinski definition) is 3. The van der Waals surface area contributed by atoms with Gasteiger partial charge in [0.1, 0.15) is 23.0 Å². The van der Waals surface area contributed by atoms with Gasteiger partial charge >= 0.3 is 12.2 Å². The van der Waals surface area contributed by atoms with Gasteiger partial charge in [-0.1, -0.05) is 17.7 Å². The number of ether oxygens (including phenoxy) is 3. The van der Waals surface area contributed by atoms with E-state index in [4.69, 9.17) is 25.8 Å². The van der Waals surface area contributed by atoms with Crippen LogP contribution in [0.3, 0.4) is 0 Å². The van der Waals surface area contributed by atoms with Gasteiger partial charge in [-0.05, 0) is 78.6 Å². The van der Waals surface area contributed by atoms with E-state index in [9.17, 15) is 22.8 Å². The summed E-state index contributed by atoms with van der Waals surface area (Å²) >= 11 is 6.57. The van der Waals surface area contributed by atoms with Gasteiger partial charge in [0.15, 0.2) is 34.7 Å². The van der Waals surface area contributed by atoms with Crippen LogP contribution in [-0.2, 0) is 15.9 Å². The molecular formula is C31H34ClF3N6O5. The van der Waals surface area contributed by atoms with Gasteiger partial charge in [-0.2, -0.15) is 5.10 Å². The zero-order chi connectivity index (χ0) is 34.0. The number of aromatic nitrogens is 4. The largest absolute Gasteiger partial charge is 0.488 e. The molecule has 0 saturated carbocycles. The van der Waals surface area contributed by atoms with Gasteiger partial charge in [0.25, 0.3) is 0 Å². The highest BCUT2D eigenvalue weighted by atomic mass is 35.5. The summed E-state index contributed by atoms with van der Waals surface area (Å²) in [5, 5.41) is 12.8. The molecule has 3 aromatic heterocycles. The number of alkyl carbamates (subject to hydrolysis) is 1. The van der Waals surface area contributed by atoms with Crippen LogP contribution in [0.4, 0.5) is 28.6 Å². The number of aryl methyl sites for hydroxylation is 1. The van der Waals surface area contributed by atoms with E-state index < -0.39 is 46.9 Å². The Bertz CT molecular complexity index is 1770. The average Bonchev–Trinajstić information content (AvgIpc) is 3.30. The molecular weight excluding hydrogens is 629 g/mol. The lowest BCUT2D eigenvalue weighted by molar-refractivity contribution is 0.0487. The van der Waals surface area contributed by atoms with E-state index in [1.54, 1.807) is 47.6 Å². The molecule has 4 rings (SSSR count). The zero-order valence-corrected chi connectivity index (χ0v) is 27.0. The monoisotopic (exact) mass is 662 g/mol. The maximum atomic E-state index is 14.6. The molecule has 3 heterocycles. The molecule has 3 N–H and O–H groups in total. The molecule has 11 nitrogen and oxygen atoms in total. The number of fused-ring (bicyclic) bond motifs is 1. The second kappa shape index (κ2) is 13.4. The molecule has 15 heteroatoms. The van der Waals surface area contributed by atoms with E-state index in [1.165, 1.54) is 12.3 Å².